The Bertz CT molecular complexity index is 119. The average Bonchev–Trinajstić information content (AvgIpc) is 2.50. The van der Waals surface area contributed by atoms with Gasteiger partial charge in [-0.2, -0.15) is 0 Å². The molecule has 3 heteroatoms. The molecule has 0 aromatic carbocycles. The lowest BCUT2D eigenvalue weighted by atomic mass is 10.2. The van der Waals surface area contributed by atoms with Crippen molar-refractivity contribution in [2.24, 2.45) is 0 Å². The first kappa shape index (κ1) is 12.9. The monoisotopic (exact) mass is 188 g/mol. The van der Waals surface area contributed by atoms with Crippen LogP contribution < -0.4 is 5.32 Å². The third-order valence-electron chi connectivity index (χ3n) is 2.22. The molecule has 1 aliphatic heterocycles. The van der Waals surface area contributed by atoms with Crippen LogP contribution in [0.1, 0.15) is 20.8 Å². The predicted octanol–water partition coefficient (Wildman–Crippen LogP) is 0.951. The average molecular weight is 188 g/mol. The van der Waals surface area contributed by atoms with Crippen molar-refractivity contribution in [1.82, 2.24) is 10.2 Å². The number of nitrogens with zero attached hydrogens (tertiary/aromatic N) is 1. The molecule has 1 heterocycles. The number of hydrogen-bond donors (Lipinski definition) is 1. The van der Waals surface area contributed by atoms with Crippen molar-refractivity contribution in [2.75, 3.05) is 33.8 Å². The van der Waals surface area contributed by atoms with Crippen molar-refractivity contribution in [2.45, 2.75) is 32.9 Å². The third kappa shape index (κ3) is 4.07. The summed E-state index contributed by atoms with van der Waals surface area (Å²) >= 11 is 0. The van der Waals surface area contributed by atoms with E-state index >= 15 is 0 Å². The second kappa shape index (κ2) is 7.30. The zero-order chi connectivity index (χ0) is 10.3. The maximum Gasteiger partial charge on any atom is 0.0863 e. The first-order valence-corrected chi connectivity index (χ1v) is 5.22. The lowest BCUT2D eigenvalue weighted by Gasteiger charge is -2.16. The summed E-state index contributed by atoms with van der Waals surface area (Å²) in [5.41, 5.74) is 0. The summed E-state index contributed by atoms with van der Waals surface area (Å²) in [7, 11) is 3.91. The highest BCUT2D eigenvalue weighted by atomic mass is 16.5. The molecular formula is C10H24N2O. The van der Waals surface area contributed by atoms with Crippen LogP contribution in [0.3, 0.4) is 0 Å². The standard InChI is InChI=1S/C8H18N2O.C2H6/c1-4-9-7-5-10(2)6-8(7)11-3;1-2/h7-9H,4-6H2,1-3H3;1-2H3. The molecule has 1 fully saturated rings. The molecule has 0 spiro atoms. The number of nitrogens with one attached hydrogen (secondary N) is 1. The molecule has 2 atom stereocenters. The van der Waals surface area contributed by atoms with Gasteiger partial charge in [0.25, 0.3) is 0 Å². The van der Waals surface area contributed by atoms with E-state index in [-0.39, 0.29) is 0 Å². The Labute approximate surface area is 82.4 Å². The van der Waals surface area contributed by atoms with Gasteiger partial charge in [-0.3, -0.25) is 0 Å². The van der Waals surface area contributed by atoms with Crippen molar-refractivity contribution in [3.63, 3.8) is 0 Å². The number of hydrogen-bond acceptors (Lipinski definition) is 3. The van der Waals surface area contributed by atoms with Crippen LogP contribution in [0.2, 0.25) is 0 Å². The van der Waals surface area contributed by atoms with Gasteiger partial charge < -0.3 is 15.0 Å². The number of rotatable bonds is 3. The predicted molar refractivity (Wildman–Crippen MR) is 57.1 cm³/mol. The molecule has 0 amide bonds. The molecule has 0 aliphatic carbocycles. The maximum atomic E-state index is 5.34. The van der Waals surface area contributed by atoms with Gasteiger partial charge in [-0.05, 0) is 13.6 Å². The lowest BCUT2D eigenvalue weighted by Crippen LogP contribution is -2.39. The Balaban J connectivity index is 0.000000671. The number of likely N-dealkylation sites (N-methyl/N-ethyl adjacent to an activating group) is 2. The molecule has 0 aromatic heterocycles. The van der Waals surface area contributed by atoms with Crippen molar-refractivity contribution in [3.05, 3.63) is 0 Å². The topological polar surface area (TPSA) is 24.5 Å². The van der Waals surface area contributed by atoms with Crippen molar-refractivity contribution in [3.8, 4) is 0 Å². The molecule has 0 radical (unpaired) electrons. The fourth-order valence-corrected chi connectivity index (χ4v) is 1.66. The van der Waals surface area contributed by atoms with Crippen LogP contribution in [0.4, 0.5) is 0 Å². The molecule has 2 unspecified atom stereocenters. The Morgan fingerprint density at radius 1 is 1.38 bits per heavy atom. The molecule has 13 heavy (non-hydrogen) atoms. The quantitative estimate of drug-likeness (QED) is 0.714. The van der Waals surface area contributed by atoms with Crippen molar-refractivity contribution >= 4 is 0 Å². The second-order valence-corrected chi connectivity index (χ2v) is 3.16. The molecule has 1 saturated heterocycles. The van der Waals surface area contributed by atoms with Crippen molar-refractivity contribution < 1.29 is 4.74 Å². The molecule has 0 bridgehead atoms. The summed E-state index contributed by atoms with van der Waals surface area (Å²) < 4.78 is 5.34. The largest absolute Gasteiger partial charge is 0.378 e. The fraction of sp³-hybridized carbons (Fsp3) is 1.00. The maximum absolute atomic E-state index is 5.34. The van der Waals surface area contributed by atoms with E-state index in [9.17, 15) is 0 Å². The van der Waals surface area contributed by atoms with Gasteiger partial charge in [-0.25, -0.2) is 0 Å². The molecule has 0 aromatic rings. The Morgan fingerprint density at radius 3 is 2.46 bits per heavy atom. The van der Waals surface area contributed by atoms with Gasteiger partial charge in [0.15, 0.2) is 0 Å². The molecule has 1 N–H and O–H groups in total. The summed E-state index contributed by atoms with van der Waals surface area (Å²) in [6, 6.07) is 0.523. The van der Waals surface area contributed by atoms with E-state index in [4.69, 9.17) is 4.74 Å². The fourth-order valence-electron chi connectivity index (χ4n) is 1.66. The molecule has 3 nitrogen and oxygen atoms in total. The minimum atomic E-state index is 0.375. The van der Waals surface area contributed by atoms with Crippen LogP contribution in [0, 0.1) is 0 Å². The van der Waals surface area contributed by atoms with E-state index in [1.807, 2.05) is 13.8 Å². The Kier molecular flexibility index (Phi) is 7.23. The van der Waals surface area contributed by atoms with E-state index in [0.29, 0.717) is 12.1 Å². The Hall–Kier alpha value is -0.120. The van der Waals surface area contributed by atoms with Gasteiger partial charge in [-0.1, -0.05) is 20.8 Å². The van der Waals surface area contributed by atoms with Crippen LogP contribution in [0.25, 0.3) is 0 Å². The van der Waals surface area contributed by atoms with E-state index in [1.54, 1.807) is 7.11 Å². The highest BCUT2D eigenvalue weighted by Gasteiger charge is 2.29. The summed E-state index contributed by atoms with van der Waals surface area (Å²) in [6.45, 7) is 9.31. The summed E-state index contributed by atoms with van der Waals surface area (Å²) in [4.78, 5) is 2.29. The van der Waals surface area contributed by atoms with Crippen LogP contribution in [-0.4, -0.2) is 50.8 Å². The van der Waals surface area contributed by atoms with E-state index in [2.05, 4.69) is 24.2 Å². The van der Waals surface area contributed by atoms with E-state index in [1.165, 1.54) is 0 Å². The van der Waals surface area contributed by atoms with Crippen molar-refractivity contribution in [1.29, 1.82) is 0 Å². The second-order valence-electron chi connectivity index (χ2n) is 3.16. The van der Waals surface area contributed by atoms with Gasteiger partial charge in [0.1, 0.15) is 0 Å². The summed E-state index contributed by atoms with van der Waals surface area (Å²) in [6.07, 6.45) is 0.375. The molecular weight excluding hydrogens is 164 g/mol. The van der Waals surface area contributed by atoms with Gasteiger partial charge in [0.05, 0.1) is 6.10 Å². The first-order valence-electron chi connectivity index (χ1n) is 5.22. The number of likely N-dealkylation sites (tertiary alicyclic amines) is 1. The molecule has 80 valence electrons. The summed E-state index contributed by atoms with van der Waals surface area (Å²) in [5.74, 6) is 0. The third-order valence-corrected chi connectivity index (χ3v) is 2.22. The van der Waals surface area contributed by atoms with Gasteiger partial charge in [0.2, 0.25) is 0 Å². The van der Waals surface area contributed by atoms with Crippen LogP contribution in [0.15, 0.2) is 0 Å². The highest BCUT2D eigenvalue weighted by Crippen LogP contribution is 2.10. The SMILES string of the molecule is CC.CCNC1CN(C)CC1OC. The molecule has 1 aliphatic rings. The minimum Gasteiger partial charge on any atom is -0.378 e. The van der Waals surface area contributed by atoms with Gasteiger partial charge in [0, 0.05) is 26.2 Å². The van der Waals surface area contributed by atoms with Gasteiger partial charge >= 0.3 is 0 Å². The van der Waals surface area contributed by atoms with Crippen LogP contribution >= 0.6 is 0 Å². The van der Waals surface area contributed by atoms with Gasteiger partial charge in [-0.15, -0.1) is 0 Å². The first-order chi connectivity index (χ1) is 6.27. The minimum absolute atomic E-state index is 0.375. The smallest absolute Gasteiger partial charge is 0.0863 e. The number of methoxy groups -OCH3 is 1. The zero-order valence-electron chi connectivity index (χ0n) is 9.63. The van der Waals surface area contributed by atoms with Crippen LogP contribution in [0.5, 0.6) is 0 Å². The summed E-state index contributed by atoms with van der Waals surface area (Å²) in [5, 5.41) is 3.41. The highest BCUT2D eigenvalue weighted by molar-refractivity contribution is 4.88. The zero-order valence-corrected chi connectivity index (χ0v) is 9.63. The normalized spacial score (nSPS) is 28.4. The molecule has 1 rings (SSSR count). The number of ether oxygens (including phenoxy) is 1. The van der Waals surface area contributed by atoms with Crippen LogP contribution in [-0.2, 0) is 4.74 Å². The Morgan fingerprint density at radius 2 is 2.00 bits per heavy atom. The van der Waals surface area contributed by atoms with E-state index < -0.39 is 0 Å². The van der Waals surface area contributed by atoms with E-state index in [0.717, 1.165) is 19.6 Å². The lowest BCUT2D eigenvalue weighted by molar-refractivity contribution is 0.0920. The molecule has 0 saturated carbocycles.